The van der Waals surface area contributed by atoms with Crippen LogP contribution in [0.4, 0.5) is 0 Å². The third-order valence-corrected chi connectivity index (χ3v) is 3.93. The van der Waals surface area contributed by atoms with Crippen LogP contribution >= 0.6 is 0 Å². The smallest absolute Gasteiger partial charge is 0.333 e. The first-order valence-corrected chi connectivity index (χ1v) is 6.50. The predicted octanol–water partition coefficient (Wildman–Crippen LogP) is 2.70. The Hall–Kier alpha value is -0.830. The molecule has 0 radical (unpaired) electrons. The molecular weight excluding hydrogens is 216 g/mol. The van der Waals surface area contributed by atoms with Gasteiger partial charge in [-0.3, -0.25) is 0 Å². The molecule has 1 rings (SSSR count). The molecule has 0 spiro atoms. The summed E-state index contributed by atoms with van der Waals surface area (Å²) in [7, 11) is 0. The van der Waals surface area contributed by atoms with E-state index >= 15 is 0 Å². The normalized spacial score (nSPS) is 30.6. The van der Waals surface area contributed by atoms with E-state index in [1.807, 2.05) is 0 Å². The Morgan fingerprint density at radius 1 is 1.41 bits per heavy atom. The number of aliphatic hydroxyl groups is 1. The van der Waals surface area contributed by atoms with E-state index in [1.165, 1.54) is 12.8 Å². The second kappa shape index (κ2) is 6.20. The number of aliphatic carboxylic acids is 1. The van der Waals surface area contributed by atoms with Crippen LogP contribution in [0.25, 0.3) is 0 Å². The number of carboxylic acid groups (broad SMARTS) is 1. The number of rotatable bonds is 4. The lowest BCUT2D eigenvalue weighted by molar-refractivity contribution is -0.133. The number of hydrogen-bond acceptors (Lipinski definition) is 2. The monoisotopic (exact) mass is 240 g/mol. The molecule has 0 saturated heterocycles. The summed E-state index contributed by atoms with van der Waals surface area (Å²) in [5.74, 6) is 1.08. The fourth-order valence-corrected chi connectivity index (χ4v) is 2.92. The Labute approximate surface area is 104 Å². The molecule has 1 saturated carbocycles. The maximum Gasteiger partial charge on any atom is 0.333 e. The van der Waals surface area contributed by atoms with Gasteiger partial charge in [0.25, 0.3) is 0 Å². The van der Waals surface area contributed by atoms with Crippen molar-refractivity contribution >= 4 is 5.97 Å². The summed E-state index contributed by atoms with van der Waals surface area (Å²) in [5.41, 5.74) is 0.148. The summed E-state index contributed by atoms with van der Waals surface area (Å²) in [5, 5.41) is 18.0. The van der Waals surface area contributed by atoms with Crippen LogP contribution in [0.2, 0.25) is 0 Å². The van der Waals surface area contributed by atoms with Crippen molar-refractivity contribution in [1.82, 2.24) is 0 Å². The van der Waals surface area contributed by atoms with Crippen molar-refractivity contribution in [2.75, 3.05) is 6.61 Å². The quantitative estimate of drug-likeness (QED) is 0.743. The summed E-state index contributed by atoms with van der Waals surface area (Å²) in [4.78, 5) is 10.9. The van der Waals surface area contributed by atoms with E-state index in [0.29, 0.717) is 23.7 Å². The van der Waals surface area contributed by atoms with Gasteiger partial charge in [-0.2, -0.15) is 0 Å². The molecular formula is C14H24O3. The minimum absolute atomic E-state index is 0.148. The molecule has 1 aliphatic rings. The van der Waals surface area contributed by atoms with Crippen LogP contribution in [-0.2, 0) is 4.79 Å². The molecule has 0 aliphatic heterocycles. The number of carbonyl (C=O) groups is 1. The zero-order valence-corrected chi connectivity index (χ0v) is 11.0. The first-order valence-electron chi connectivity index (χ1n) is 6.50. The zero-order valence-electron chi connectivity index (χ0n) is 11.0. The van der Waals surface area contributed by atoms with Crippen molar-refractivity contribution in [2.45, 2.75) is 40.0 Å². The summed E-state index contributed by atoms with van der Waals surface area (Å²) < 4.78 is 0. The predicted molar refractivity (Wildman–Crippen MR) is 67.6 cm³/mol. The van der Waals surface area contributed by atoms with Gasteiger partial charge in [0.05, 0.1) is 12.2 Å². The van der Waals surface area contributed by atoms with Crippen molar-refractivity contribution in [3.63, 3.8) is 0 Å². The molecule has 0 bridgehead atoms. The van der Waals surface area contributed by atoms with Crippen LogP contribution < -0.4 is 0 Å². The highest BCUT2D eigenvalue weighted by atomic mass is 16.4. The molecule has 2 N–H and O–H groups in total. The Morgan fingerprint density at radius 2 is 2.06 bits per heavy atom. The lowest BCUT2D eigenvalue weighted by Gasteiger charge is -2.36. The van der Waals surface area contributed by atoms with Gasteiger partial charge in [-0.1, -0.05) is 33.3 Å². The average molecular weight is 240 g/mol. The van der Waals surface area contributed by atoms with Crippen LogP contribution in [0, 0.1) is 23.7 Å². The molecule has 98 valence electrons. The van der Waals surface area contributed by atoms with E-state index in [0.717, 1.165) is 6.42 Å². The van der Waals surface area contributed by atoms with Gasteiger partial charge >= 0.3 is 5.97 Å². The first kappa shape index (κ1) is 14.2. The third kappa shape index (κ3) is 3.84. The molecule has 1 aliphatic carbocycles. The number of allylic oxidation sites excluding steroid dienone is 1. The van der Waals surface area contributed by atoms with E-state index in [4.69, 9.17) is 10.2 Å². The Balaban J connectivity index is 2.85. The van der Waals surface area contributed by atoms with Gasteiger partial charge in [0, 0.05) is 0 Å². The van der Waals surface area contributed by atoms with E-state index in [2.05, 4.69) is 20.8 Å². The fourth-order valence-electron chi connectivity index (χ4n) is 2.92. The van der Waals surface area contributed by atoms with Crippen molar-refractivity contribution < 1.29 is 15.0 Å². The van der Waals surface area contributed by atoms with Gasteiger partial charge in [0.1, 0.15) is 0 Å². The van der Waals surface area contributed by atoms with E-state index in [9.17, 15) is 4.79 Å². The third-order valence-electron chi connectivity index (χ3n) is 3.93. The van der Waals surface area contributed by atoms with Crippen LogP contribution in [0.1, 0.15) is 40.0 Å². The average Bonchev–Trinajstić information content (AvgIpc) is 2.25. The van der Waals surface area contributed by atoms with Gasteiger partial charge in [0.2, 0.25) is 0 Å². The Kier molecular flexibility index (Phi) is 5.19. The Morgan fingerprint density at radius 3 is 2.53 bits per heavy atom. The molecule has 1 fully saturated rings. The van der Waals surface area contributed by atoms with Gasteiger partial charge in [-0.05, 0) is 36.5 Å². The van der Waals surface area contributed by atoms with Crippen LogP contribution in [0.3, 0.4) is 0 Å². The summed E-state index contributed by atoms with van der Waals surface area (Å²) >= 11 is 0. The van der Waals surface area contributed by atoms with Crippen LogP contribution in [0.15, 0.2) is 11.6 Å². The molecule has 0 aromatic heterocycles. The van der Waals surface area contributed by atoms with E-state index in [-0.39, 0.29) is 12.2 Å². The summed E-state index contributed by atoms with van der Waals surface area (Å²) in [6, 6.07) is 0. The summed E-state index contributed by atoms with van der Waals surface area (Å²) in [6.45, 7) is 6.24. The first-order chi connectivity index (χ1) is 7.95. The zero-order chi connectivity index (χ0) is 13.0. The molecule has 3 unspecified atom stereocenters. The molecule has 0 amide bonds. The van der Waals surface area contributed by atoms with E-state index < -0.39 is 5.97 Å². The molecule has 3 heteroatoms. The topological polar surface area (TPSA) is 57.5 Å². The van der Waals surface area contributed by atoms with Gasteiger partial charge in [-0.15, -0.1) is 0 Å². The highest BCUT2D eigenvalue weighted by Crippen LogP contribution is 2.39. The molecule has 3 nitrogen and oxygen atoms in total. The highest BCUT2D eigenvalue weighted by Gasteiger charge is 2.30. The van der Waals surface area contributed by atoms with Gasteiger partial charge < -0.3 is 10.2 Å². The molecule has 0 aromatic rings. The second-order valence-corrected chi connectivity index (χ2v) is 5.65. The van der Waals surface area contributed by atoms with E-state index in [1.54, 1.807) is 6.08 Å². The maximum absolute atomic E-state index is 10.9. The SMILES string of the molecule is CC1CCC(C(C)C)C(C=C(CO)C(=O)O)C1. The molecule has 0 heterocycles. The largest absolute Gasteiger partial charge is 0.478 e. The number of aliphatic hydroxyl groups excluding tert-OH is 1. The highest BCUT2D eigenvalue weighted by molar-refractivity contribution is 5.86. The standard InChI is InChI=1S/C14H24O3/c1-9(2)13-5-4-10(3)6-11(13)7-12(8-15)14(16)17/h7,9-11,13,15H,4-6,8H2,1-3H3,(H,16,17). The Bertz CT molecular complexity index is 294. The van der Waals surface area contributed by atoms with Crippen LogP contribution in [0.5, 0.6) is 0 Å². The second-order valence-electron chi connectivity index (χ2n) is 5.65. The van der Waals surface area contributed by atoms with Gasteiger partial charge in [0.15, 0.2) is 0 Å². The molecule has 0 aromatic carbocycles. The molecule has 3 atom stereocenters. The lowest BCUT2D eigenvalue weighted by atomic mass is 9.69. The van der Waals surface area contributed by atoms with Crippen molar-refractivity contribution in [2.24, 2.45) is 23.7 Å². The van der Waals surface area contributed by atoms with Crippen LogP contribution in [-0.4, -0.2) is 22.8 Å². The van der Waals surface area contributed by atoms with Crippen molar-refractivity contribution in [1.29, 1.82) is 0 Å². The lowest BCUT2D eigenvalue weighted by Crippen LogP contribution is -2.27. The number of carboxylic acids is 1. The maximum atomic E-state index is 10.9. The number of hydrogen-bond donors (Lipinski definition) is 2. The van der Waals surface area contributed by atoms with Gasteiger partial charge in [-0.25, -0.2) is 4.79 Å². The minimum atomic E-state index is -0.992. The summed E-state index contributed by atoms with van der Waals surface area (Å²) in [6.07, 6.45) is 5.23. The fraction of sp³-hybridized carbons (Fsp3) is 0.786. The van der Waals surface area contributed by atoms with Crippen molar-refractivity contribution in [3.8, 4) is 0 Å². The van der Waals surface area contributed by atoms with Crippen molar-refractivity contribution in [3.05, 3.63) is 11.6 Å². The minimum Gasteiger partial charge on any atom is -0.478 e. The molecule has 17 heavy (non-hydrogen) atoms.